The van der Waals surface area contributed by atoms with Gasteiger partial charge in [-0.05, 0) is 70.1 Å². The smallest absolute Gasteiger partial charge is 0.123 e. The van der Waals surface area contributed by atoms with E-state index < -0.39 is 6.10 Å². The molecule has 1 aliphatic rings. The molecule has 0 amide bonds. The number of phenolic OH excluding ortho intramolecular Hbond substituents is 2. The monoisotopic (exact) mass is 342 g/mol. The van der Waals surface area contributed by atoms with E-state index in [-0.39, 0.29) is 23.3 Å². The van der Waals surface area contributed by atoms with Gasteiger partial charge in [-0.25, -0.2) is 0 Å². The van der Waals surface area contributed by atoms with E-state index in [1.165, 1.54) is 5.57 Å². The minimum absolute atomic E-state index is 0.0937. The van der Waals surface area contributed by atoms with Gasteiger partial charge in [0, 0.05) is 11.5 Å². The molecule has 3 heteroatoms. The topological polar surface area (TPSA) is 60.7 Å². The highest BCUT2D eigenvalue weighted by Crippen LogP contribution is 2.47. The van der Waals surface area contributed by atoms with Gasteiger partial charge in [-0.3, -0.25) is 0 Å². The zero-order valence-electron chi connectivity index (χ0n) is 15.5. The highest BCUT2D eigenvalue weighted by molar-refractivity contribution is 5.51. The first-order chi connectivity index (χ1) is 11.7. The fraction of sp³-hybridized carbons (Fsp3) is 0.455. The molecule has 1 aromatic carbocycles. The zero-order valence-corrected chi connectivity index (χ0v) is 15.5. The lowest BCUT2D eigenvalue weighted by Gasteiger charge is -2.33. The largest absolute Gasteiger partial charge is 0.507 e. The molecule has 3 N–H and O–H groups in total. The number of benzene rings is 1. The normalized spacial score (nSPS) is 21.5. The Hall–Kier alpha value is -2.00. The van der Waals surface area contributed by atoms with Crippen LogP contribution in [0.3, 0.4) is 0 Å². The Balaban J connectivity index is 2.29. The average Bonchev–Trinajstić information content (AvgIpc) is 2.51. The third kappa shape index (κ3) is 4.55. The summed E-state index contributed by atoms with van der Waals surface area (Å²) < 4.78 is 0. The van der Waals surface area contributed by atoms with Crippen LogP contribution in [-0.2, 0) is 0 Å². The lowest BCUT2D eigenvalue weighted by atomic mass is 9.72. The maximum absolute atomic E-state index is 10.4. The van der Waals surface area contributed by atoms with Gasteiger partial charge >= 0.3 is 0 Å². The molecule has 3 nitrogen and oxygen atoms in total. The number of phenols is 2. The highest BCUT2D eigenvalue weighted by atomic mass is 16.3. The SMILES string of the molecule is C=C(C)C(O)CCC(=C)[C@@H]1CCC(C)=C[C@H]1c1c(O)cc(C)cc1O. The van der Waals surface area contributed by atoms with Crippen molar-refractivity contribution in [1.29, 1.82) is 0 Å². The summed E-state index contributed by atoms with van der Waals surface area (Å²) in [6.07, 6.45) is 4.84. The minimum atomic E-state index is -0.516. The fourth-order valence-corrected chi connectivity index (χ4v) is 3.67. The van der Waals surface area contributed by atoms with Gasteiger partial charge in [0.05, 0.1) is 6.10 Å². The molecule has 0 aromatic heterocycles. The molecule has 0 bridgehead atoms. The molecule has 0 radical (unpaired) electrons. The van der Waals surface area contributed by atoms with Gasteiger partial charge in [0.1, 0.15) is 11.5 Å². The van der Waals surface area contributed by atoms with Crippen LogP contribution >= 0.6 is 0 Å². The number of rotatable bonds is 6. The summed E-state index contributed by atoms with van der Waals surface area (Å²) in [6.45, 7) is 13.8. The van der Waals surface area contributed by atoms with E-state index in [2.05, 4.69) is 26.2 Å². The van der Waals surface area contributed by atoms with Gasteiger partial charge in [-0.1, -0.05) is 36.0 Å². The van der Waals surface area contributed by atoms with Crippen LogP contribution in [0, 0.1) is 12.8 Å². The summed E-state index contributed by atoms with van der Waals surface area (Å²) in [5.41, 5.74) is 4.48. The molecule has 136 valence electrons. The lowest BCUT2D eigenvalue weighted by molar-refractivity contribution is 0.199. The van der Waals surface area contributed by atoms with Crippen LogP contribution in [0.5, 0.6) is 11.5 Å². The maximum Gasteiger partial charge on any atom is 0.123 e. The second-order valence-corrected chi connectivity index (χ2v) is 7.46. The van der Waals surface area contributed by atoms with E-state index in [1.54, 1.807) is 12.1 Å². The Labute approximate surface area is 151 Å². The predicted octanol–water partition coefficient (Wildman–Crippen LogP) is 5.12. The van der Waals surface area contributed by atoms with Crippen LogP contribution in [0.2, 0.25) is 0 Å². The molecule has 0 saturated heterocycles. The maximum atomic E-state index is 10.4. The number of hydrogen-bond acceptors (Lipinski definition) is 3. The van der Waals surface area contributed by atoms with Crippen LogP contribution < -0.4 is 0 Å². The first-order valence-corrected chi connectivity index (χ1v) is 8.91. The van der Waals surface area contributed by atoms with Crippen molar-refractivity contribution < 1.29 is 15.3 Å². The molecule has 0 heterocycles. The average molecular weight is 342 g/mol. The van der Waals surface area contributed by atoms with E-state index in [0.29, 0.717) is 18.4 Å². The van der Waals surface area contributed by atoms with Gasteiger partial charge in [0.2, 0.25) is 0 Å². The van der Waals surface area contributed by atoms with Crippen LogP contribution in [-0.4, -0.2) is 21.4 Å². The Morgan fingerprint density at radius 2 is 1.80 bits per heavy atom. The van der Waals surface area contributed by atoms with Gasteiger partial charge in [0.15, 0.2) is 0 Å². The van der Waals surface area contributed by atoms with Crippen molar-refractivity contribution in [3.8, 4) is 11.5 Å². The van der Waals surface area contributed by atoms with E-state index in [0.717, 1.165) is 29.6 Å². The van der Waals surface area contributed by atoms with Crippen LogP contribution in [0.15, 0.2) is 48.1 Å². The zero-order chi connectivity index (χ0) is 18.7. The first kappa shape index (κ1) is 19.3. The van der Waals surface area contributed by atoms with Gasteiger partial charge < -0.3 is 15.3 Å². The van der Waals surface area contributed by atoms with Crippen LogP contribution in [0.25, 0.3) is 0 Å². The number of allylic oxidation sites excluding steroid dienone is 3. The van der Waals surface area contributed by atoms with E-state index >= 15 is 0 Å². The molecule has 3 atom stereocenters. The van der Waals surface area contributed by atoms with Crippen LogP contribution in [0.1, 0.15) is 56.6 Å². The second kappa shape index (κ2) is 7.92. The van der Waals surface area contributed by atoms with Crippen molar-refractivity contribution in [3.63, 3.8) is 0 Å². The number of aromatic hydroxyl groups is 2. The second-order valence-electron chi connectivity index (χ2n) is 7.46. The van der Waals surface area contributed by atoms with Crippen molar-refractivity contribution in [3.05, 3.63) is 59.2 Å². The van der Waals surface area contributed by atoms with E-state index in [1.807, 2.05) is 13.8 Å². The van der Waals surface area contributed by atoms with Gasteiger partial charge in [0.25, 0.3) is 0 Å². The summed E-state index contributed by atoms with van der Waals surface area (Å²) in [5, 5.41) is 30.8. The number of aryl methyl sites for hydroxylation is 1. The summed E-state index contributed by atoms with van der Waals surface area (Å²) in [6, 6.07) is 3.38. The summed E-state index contributed by atoms with van der Waals surface area (Å²) in [4.78, 5) is 0. The van der Waals surface area contributed by atoms with Crippen molar-refractivity contribution in [2.45, 2.75) is 58.5 Å². The number of hydrogen-bond donors (Lipinski definition) is 3. The lowest BCUT2D eigenvalue weighted by Crippen LogP contribution is -2.19. The molecule has 1 aromatic rings. The van der Waals surface area contributed by atoms with Crippen molar-refractivity contribution >= 4 is 0 Å². The minimum Gasteiger partial charge on any atom is -0.507 e. The Bertz CT molecular complexity index is 676. The molecular weight excluding hydrogens is 312 g/mol. The Morgan fingerprint density at radius 3 is 2.36 bits per heavy atom. The number of aliphatic hydroxyl groups is 1. The third-order valence-electron chi connectivity index (χ3n) is 5.19. The molecule has 0 aliphatic heterocycles. The molecule has 25 heavy (non-hydrogen) atoms. The summed E-state index contributed by atoms with van der Waals surface area (Å²) in [7, 11) is 0. The molecule has 0 spiro atoms. The predicted molar refractivity (Wildman–Crippen MR) is 103 cm³/mol. The van der Waals surface area contributed by atoms with Crippen molar-refractivity contribution in [2.75, 3.05) is 0 Å². The van der Waals surface area contributed by atoms with Crippen LogP contribution in [0.4, 0.5) is 0 Å². The Kier molecular flexibility index (Phi) is 6.12. The quantitative estimate of drug-likeness (QED) is 0.629. The van der Waals surface area contributed by atoms with Gasteiger partial charge in [-0.15, -0.1) is 0 Å². The number of aliphatic hydroxyl groups excluding tert-OH is 1. The van der Waals surface area contributed by atoms with Crippen molar-refractivity contribution in [2.24, 2.45) is 5.92 Å². The molecule has 2 rings (SSSR count). The van der Waals surface area contributed by atoms with E-state index in [4.69, 9.17) is 0 Å². The fourth-order valence-electron chi connectivity index (χ4n) is 3.67. The molecule has 1 aliphatic carbocycles. The standard InChI is InChI=1S/C22H30O3/c1-13(2)19(23)9-7-16(5)17-8-6-14(3)10-18(17)22-20(24)11-15(4)12-21(22)25/h10-12,17-19,23-25H,1,5-9H2,2-4H3/t17-,18+,19?/m0/s1. The Morgan fingerprint density at radius 1 is 1.20 bits per heavy atom. The summed E-state index contributed by atoms with van der Waals surface area (Å²) in [5.74, 6) is 0.311. The first-order valence-electron chi connectivity index (χ1n) is 8.91. The van der Waals surface area contributed by atoms with Crippen molar-refractivity contribution in [1.82, 2.24) is 0 Å². The van der Waals surface area contributed by atoms with E-state index in [9.17, 15) is 15.3 Å². The molecule has 0 fully saturated rings. The molecule has 0 saturated carbocycles. The molecule has 1 unspecified atom stereocenters. The molecular formula is C22H30O3. The van der Waals surface area contributed by atoms with Gasteiger partial charge in [-0.2, -0.15) is 0 Å². The summed E-state index contributed by atoms with van der Waals surface area (Å²) >= 11 is 0. The third-order valence-corrected chi connectivity index (χ3v) is 5.19. The highest BCUT2D eigenvalue weighted by Gasteiger charge is 2.31.